The number of nitrogens with one attached hydrogen (secondary N) is 1. The second-order valence-electron chi connectivity index (χ2n) is 5.87. The van der Waals surface area contributed by atoms with Crippen LogP contribution in [0.1, 0.15) is 38.8 Å². The minimum absolute atomic E-state index is 0.175. The van der Waals surface area contributed by atoms with E-state index in [1.165, 1.54) is 16.5 Å². The lowest BCUT2D eigenvalue weighted by molar-refractivity contribution is 0.429. The molecule has 1 aromatic heterocycles. The molecule has 2 heteroatoms. The first kappa shape index (κ1) is 13.2. The van der Waals surface area contributed by atoms with Crippen LogP contribution in [0.3, 0.4) is 0 Å². The van der Waals surface area contributed by atoms with Crippen molar-refractivity contribution in [1.29, 1.82) is 0 Å². The maximum Gasteiger partial charge on any atom is 0.134 e. The van der Waals surface area contributed by atoms with Crippen LogP contribution < -0.4 is 5.32 Å². The molecule has 0 bridgehead atoms. The average molecular weight is 245 g/mol. The van der Waals surface area contributed by atoms with Crippen LogP contribution in [0.4, 0.5) is 0 Å². The molecule has 2 rings (SSSR count). The van der Waals surface area contributed by atoms with Crippen molar-refractivity contribution in [2.75, 3.05) is 6.54 Å². The fourth-order valence-electron chi connectivity index (χ4n) is 2.11. The summed E-state index contributed by atoms with van der Waals surface area (Å²) in [6.07, 6.45) is 3.98. The predicted octanol–water partition coefficient (Wildman–Crippen LogP) is 3.93. The molecule has 0 aliphatic carbocycles. The quantitative estimate of drug-likeness (QED) is 0.883. The van der Waals surface area contributed by atoms with E-state index in [0.29, 0.717) is 0 Å². The van der Waals surface area contributed by atoms with Gasteiger partial charge in [-0.15, -0.1) is 0 Å². The highest BCUT2D eigenvalue weighted by Crippen LogP contribution is 2.23. The Balaban J connectivity index is 2.13. The third kappa shape index (κ3) is 3.14. The molecular weight excluding hydrogens is 222 g/mol. The van der Waals surface area contributed by atoms with Crippen molar-refractivity contribution >= 4 is 11.0 Å². The highest BCUT2D eigenvalue weighted by molar-refractivity contribution is 5.81. The van der Waals surface area contributed by atoms with E-state index in [2.05, 4.69) is 51.2 Å². The monoisotopic (exact) mass is 245 g/mol. The average Bonchev–Trinajstić information content (AvgIpc) is 2.70. The lowest BCUT2D eigenvalue weighted by Crippen LogP contribution is -2.37. The van der Waals surface area contributed by atoms with Crippen LogP contribution in [0, 0.1) is 0 Å². The fraction of sp³-hybridized carbons (Fsp3) is 0.500. The van der Waals surface area contributed by atoms with Gasteiger partial charge in [0.15, 0.2) is 0 Å². The molecule has 0 atom stereocenters. The smallest absolute Gasteiger partial charge is 0.134 e. The Morgan fingerprint density at radius 2 is 2.00 bits per heavy atom. The molecule has 0 amide bonds. The summed E-state index contributed by atoms with van der Waals surface area (Å²) in [5.74, 6) is 0. The van der Waals surface area contributed by atoms with Gasteiger partial charge in [-0.1, -0.05) is 13.0 Å². The molecule has 0 fully saturated rings. The molecule has 1 aromatic carbocycles. The Bertz CT molecular complexity index is 519. The van der Waals surface area contributed by atoms with Gasteiger partial charge in [0.05, 0.1) is 6.26 Å². The van der Waals surface area contributed by atoms with Crippen LogP contribution in [0.25, 0.3) is 11.0 Å². The van der Waals surface area contributed by atoms with Gasteiger partial charge in [0, 0.05) is 10.9 Å². The van der Waals surface area contributed by atoms with Crippen LogP contribution >= 0.6 is 0 Å². The van der Waals surface area contributed by atoms with E-state index in [4.69, 9.17) is 4.42 Å². The minimum Gasteiger partial charge on any atom is -0.464 e. The van der Waals surface area contributed by atoms with Crippen molar-refractivity contribution in [3.05, 3.63) is 35.6 Å². The molecule has 2 nitrogen and oxygen atoms in total. The van der Waals surface area contributed by atoms with E-state index in [1.807, 2.05) is 6.26 Å². The summed E-state index contributed by atoms with van der Waals surface area (Å²) in [5, 5.41) is 4.78. The fourth-order valence-corrected chi connectivity index (χ4v) is 2.11. The van der Waals surface area contributed by atoms with Crippen molar-refractivity contribution < 1.29 is 4.42 Å². The Morgan fingerprint density at radius 1 is 1.22 bits per heavy atom. The Kier molecular flexibility index (Phi) is 3.76. The molecule has 0 spiro atoms. The molecule has 2 aromatic rings. The summed E-state index contributed by atoms with van der Waals surface area (Å²) in [6, 6.07) is 6.48. The molecule has 0 unspecified atom stereocenters. The molecule has 1 N–H and O–H groups in total. The van der Waals surface area contributed by atoms with Crippen LogP contribution in [0.15, 0.2) is 28.9 Å². The van der Waals surface area contributed by atoms with Gasteiger partial charge in [-0.2, -0.15) is 0 Å². The normalized spacial score (nSPS) is 12.2. The van der Waals surface area contributed by atoms with Crippen LogP contribution in [0.2, 0.25) is 0 Å². The van der Waals surface area contributed by atoms with Crippen molar-refractivity contribution in [1.82, 2.24) is 5.32 Å². The highest BCUT2D eigenvalue weighted by atomic mass is 16.3. The van der Waals surface area contributed by atoms with Gasteiger partial charge in [-0.05, 0) is 63.4 Å². The third-order valence-corrected chi connectivity index (χ3v) is 3.18. The SMILES string of the molecule is CCc1ccc2occ(CCNC(C)(C)C)c2c1. The van der Waals surface area contributed by atoms with Crippen LogP contribution in [-0.2, 0) is 12.8 Å². The maximum atomic E-state index is 5.60. The molecule has 0 saturated carbocycles. The second-order valence-corrected chi connectivity index (χ2v) is 5.87. The Hall–Kier alpha value is -1.28. The first-order chi connectivity index (χ1) is 8.49. The summed E-state index contributed by atoms with van der Waals surface area (Å²) in [5.41, 5.74) is 3.85. The zero-order valence-electron chi connectivity index (χ0n) is 11.8. The van der Waals surface area contributed by atoms with E-state index in [-0.39, 0.29) is 5.54 Å². The van der Waals surface area contributed by atoms with Gasteiger partial charge < -0.3 is 9.73 Å². The topological polar surface area (TPSA) is 25.2 Å². The number of fused-ring (bicyclic) bond motifs is 1. The minimum atomic E-state index is 0.175. The van der Waals surface area contributed by atoms with Gasteiger partial charge in [0.25, 0.3) is 0 Å². The van der Waals surface area contributed by atoms with Gasteiger partial charge in [0.1, 0.15) is 5.58 Å². The number of benzene rings is 1. The number of furan rings is 1. The Morgan fingerprint density at radius 3 is 2.67 bits per heavy atom. The van der Waals surface area contributed by atoms with Crippen molar-refractivity contribution in [3.63, 3.8) is 0 Å². The number of rotatable bonds is 4. The van der Waals surface area contributed by atoms with Crippen molar-refractivity contribution in [3.8, 4) is 0 Å². The maximum absolute atomic E-state index is 5.60. The van der Waals surface area contributed by atoms with E-state index in [0.717, 1.165) is 25.0 Å². The highest BCUT2D eigenvalue weighted by Gasteiger charge is 2.10. The summed E-state index contributed by atoms with van der Waals surface area (Å²) in [7, 11) is 0. The summed E-state index contributed by atoms with van der Waals surface area (Å²) in [6.45, 7) is 9.73. The summed E-state index contributed by atoms with van der Waals surface area (Å²) < 4.78 is 5.60. The van der Waals surface area contributed by atoms with Gasteiger partial charge in [0.2, 0.25) is 0 Å². The zero-order valence-corrected chi connectivity index (χ0v) is 11.8. The second kappa shape index (κ2) is 5.15. The van der Waals surface area contributed by atoms with E-state index in [9.17, 15) is 0 Å². The summed E-state index contributed by atoms with van der Waals surface area (Å²) in [4.78, 5) is 0. The first-order valence-corrected chi connectivity index (χ1v) is 6.73. The largest absolute Gasteiger partial charge is 0.464 e. The number of hydrogen-bond donors (Lipinski definition) is 1. The molecule has 0 radical (unpaired) electrons. The first-order valence-electron chi connectivity index (χ1n) is 6.73. The number of hydrogen-bond acceptors (Lipinski definition) is 2. The molecule has 0 saturated heterocycles. The van der Waals surface area contributed by atoms with Gasteiger partial charge in [-0.25, -0.2) is 0 Å². The van der Waals surface area contributed by atoms with E-state index < -0.39 is 0 Å². The molecule has 18 heavy (non-hydrogen) atoms. The lowest BCUT2D eigenvalue weighted by Gasteiger charge is -2.20. The zero-order chi connectivity index (χ0) is 13.2. The van der Waals surface area contributed by atoms with E-state index >= 15 is 0 Å². The molecule has 0 aliphatic heterocycles. The van der Waals surface area contributed by atoms with Crippen LogP contribution in [-0.4, -0.2) is 12.1 Å². The number of aryl methyl sites for hydroxylation is 1. The molecule has 1 heterocycles. The van der Waals surface area contributed by atoms with E-state index in [1.54, 1.807) is 0 Å². The predicted molar refractivity (Wildman–Crippen MR) is 77.1 cm³/mol. The van der Waals surface area contributed by atoms with Crippen LogP contribution in [0.5, 0.6) is 0 Å². The van der Waals surface area contributed by atoms with Crippen molar-refractivity contribution in [2.24, 2.45) is 0 Å². The standard InChI is InChI=1S/C16H23NO/c1-5-12-6-7-15-14(10-12)13(11-18-15)8-9-17-16(2,3)4/h6-7,10-11,17H,5,8-9H2,1-4H3. The molecule has 98 valence electrons. The lowest BCUT2D eigenvalue weighted by atomic mass is 10.0. The summed E-state index contributed by atoms with van der Waals surface area (Å²) >= 11 is 0. The van der Waals surface area contributed by atoms with Gasteiger partial charge in [-0.3, -0.25) is 0 Å². The third-order valence-electron chi connectivity index (χ3n) is 3.18. The Labute approximate surface area is 109 Å². The van der Waals surface area contributed by atoms with Crippen molar-refractivity contribution in [2.45, 2.75) is 46.1 Å². The molecule has 0 aliphatic rings. The van der Waals surface area contributed by atoms with Gasteiger partial charge >= 0.3 is 0 Å². The molecular formula is C16H23NO.